The van der Waals surface area contributed by atoms with Crippen LogP contribution in [-0.4, -0.2) is 38.5 Å². The molecule has 0 bridgehead atoms. The first-order chi connectivity index (χ1) is 20.1. The van der Waals surface area contributed by atoms with Gasteiger partial charge in [-0.3, -0.25) is 4.79 Å². The second-order valence-electron chi connectivity index (χ2n) is 16.6. The van der Waals surface area contributed by atoms with Crippen LogP contribution in [0.4, 0.5) is 0 Å². The Morgan fingerprint density at radius 3 is 2.56 bits per heavy atom. The van der Waals surface area contributed by atoms with Gasteiger partial charge in [0.2, 0.25) is 0 Å². The highest BCUT2D eigenvalue weighted by Crippen LogP contribution is 2.74. The molecule has 0 spiro atoms. The fraction of sp³-hybridized carbons (Fsp3) is 0.743. The summed E-state index contributed by atoms with van der Waals surface area (Å²) in [6.07, 6.45) is 13.6. The molecular weight excluding hydrogens is 540 g/mol. The molecule has 5 aliphatic carbocycles. The summed E-state index contributed by atoms with van der Waals surface area (Å²) in [5.41, 5.74) is 1.98. The van der Waals surface area contributed by atoms with E-state index in [4.69, 9.17) is 9.26 Å². The van der Waals surface area contributed by atoms with Gasteiger partial charge in [0, 0.05) is 16.9 Å². The Bertz CT molecular complexity index is 1530. The number of ketones is 1. The Kier molecular flexibility index (Phi) is 6.00. The molecule has 3 fully saturated rings. The molecule has 5 aliphatic rings. The summed E-state index contributed by atoms with van der Waals surface area (Å²) in [4.78, 5) is 27.4. The molecule has 0 saturated heterocycles. The molecule has 0 amide bonds. The number of allylic oxidation sites excluding steroid dienone is 2. The standard InChI is InChI=1S/C35H48N4O4/c1-9-42-29(41)23-20-39(38-37-23)35-14-12-30(2,3)18-22(35)27-24(40)16-26-32(6)17-21-19-36-43-28(21)31(4,5)25(32)10-11-33(26,7)34(27,8)13-15-35/h16,19-20,22,25,27H,9-15,17-18H2,1-8H3/t22-,25-,27-,32-,33+,34+,35-/m0/s1. The van der Waals surface area contributed by atoms with Crippen molar-refractivity contribution in [3.05, 3.63) is 41.1 Å². The van der Waals surface area contributed by atoms with Crippen molar-refractivity contribution >= 4 is 11.8 Å². The van der Waals surface area contributed by atoms with Crippen LogP contribution >= 0.6 is 0 Å². The monoisotopic (exact) mass is 588 g/mol. The predicted molar refractivity (Wildman–Crippen MR) is 161 cm³/mol. The Hall–Kier alpha value is -2.77. The molecule has 0 N–H and O–H groups in total. The molecule has 8 heteroatoms. The normalized spacial score (nSPS) is 40.7. The van der Waals surface area contributed by atoms with Crippen LogP contribution in [-0.2, 0) is 26.9 Å². The number of hydrogen-bond acceptors (Lipinski definition) is 7. The summed E-state index contributed by atoms with van der Waals surface area (Å²) in [6.45, 7) is 18.7. The van der Waals surface area contributed by atoms with Crippen molar-refractivity contribution in [1.82, 2.24) is 20.2 Å². The Morgan fingerprint density at radius 2 is 1.81 bits per heavy atom. The number of ether oxygens (including phenoxy) is 1. The van der Waals surface area contributed by atoms with Gasteiger partial charge in [-0.15, -0.1) is 5.10 Å². The highest BCUT2D eigenvalue weighted by Gasteiger charge is 2.70. The van der Waals surface area contributed by atoms with E-state index in [1.54, 1.807) is 13.1 Å². The van der Waals surface area contributed by atoms with Crippen LogP contribution in [0, 0.1) is 39.4 Å². The van der Waals surface area contributed by atoms with Crippen LogP contribution < -0.4 is 0 Å². The SMILES string of the molecule is CCOC(=O)c1cn([C@]23CCC(C)(C)C[C@H]2[C@H]2C(=O)C=C4[C@@]5(C)Cc6cnoc6C(C)(C)[C@@H]5CC[C@@]4(C)[C@]2(C)CC3)nn1. The van der Waals surface area contributed by atoms with Crippen molar-refractivity contribution in [1.29, 1.82) is 0 Å². The first-order valence-corrected chi connectivity index (χ1v) is 16.4. The lowest BCUT2D eigenvalue weighted by molar-refractivity contribution is -0.169. The number of aromatic nitrogens is 4. The number of carbonyl (C=O) groups excluding carboxylic acids is 2. The second kappa shape index (κ2) is 8.91. The van der Waals surface area contributed by atoms with Crippen LogP contribution in [0.1, 0.15) is 122 Å². The maximum absolute atomic E-state index is 14.8. The van der Waals surface area contributed by atoms with Crippen LogP contribution in [0.2, 0.25) is 0 Å². The van der Waals surface area contributed by atoms with Crippen molar-refractivity contribution in [2.45, 2.75) is 118 Å². The van der Waals surface area contributed by atoms with Crippen LogP contribution in [0.5, 0.6) is 0 Å². The van der Waals surface area contributed by atoms with Crippen LogP contribution in [0.3, 0.4) is 0 Å². The largest absolute Gasteiger partial charge is 0.461 e. The number of rotatable bonds is 3. The lowest BCUT2D eigenvalue weighted by Gasteiger charge is -2.69. The second-order valence-corrected chi connectivity index (χ2v) is 16.6. The quantitative estimate of drug-likeness (QED) is 0.362. The Balaban J connectivity index is 1.35. The molecule has 0 radical (unpaired) electrons. The zero-order chi connectivity index (χ0) is 30.8. The van der Waals surface area contributed by atoms with Crippen molar-refractivity contribution < 1.29 is 18.8 Å². The topological polar surface area (TPSA) is 100 Å². The molecule has 232 valence electrons. The number of esters is 1. The van der Waals surface area contributed by atoms with E-state index in [0.29, 0.717) is 12.5 Å². The third-order valence-electron chi connectivity index (χ3n) is 13.7. The minimum atomic E-state index is -0.441. The summed E-state index contributed by atoms with van der Waals surface area (Å²) in [7, 11) is 0. The molecule has 8 nitrogen and oxygen atoms in total. The number of fused-ring (bicyclic) bond motifs is 8. The molecule has 2 heterocycles. The van der Waals surface area contributed by atoms with Gasteiger partial charge < -0.3 is 9.26 Å². The maximum Gasteiger partial charge on any atom is 0.360 e. The van der Waals surface area contributed by atoms with E-state index in [-0.39, 0.29) is 55.9 Å². The van der Waals surface area contributed by atoms with E-state index in [2.05, 4.69) is 70.0 Å². The molecule has 2 aromatic rings. The van der Waals surface area contributed by atoms with E-state index >= 15 is 0 Å². The average molecular weight is 589 g/mol. The van der Waals surface area contributed by atoms with Gasteiger partial charge in [-0.2, -0.15) is 0 Å². The summed E-state index contributed by atoms with van der Waals surface area (Å²) in [6, 6.07) is 0. The molecule has 3 saturated carbocycles. The third kappa shape index (κ3) is 3.64. The third-order valence-corrected chi connectivity index (χ3v) is 13.7. The van der Waals surface area contributed by atoms with Crippen LogP contribution in [0.15, 0.2) is 28.6 Å². The van der Waals surface area contributed by atoms with E-state index in [0.717, 1.165) is 57.1 Å². The maximum atomic E-state index is 14.8. The highest BCUT2D eigenvalue weighted by atomic mass is 16.5. The first kappa shape index (κ1) is 29.0. The zero-order valence-corrected chi connectivity index (χ0v) is 27.2. The number of nitrogens with zero attached hydrogens (tertiary/aromatic N) is 4. The Labute approximate surface area is 255 Å². The van der Waals surface area contributed by atoms with Crippen molar-refractivity contribution in [2.75, 3.05) is 6.61 Å². The molecule has 0 aliphatic heterocycles. The van der Waals surface area contributed by atoms with Crippen LogP contribution in [0.25, 0.3) is 0 Å². The summed E-state index contributed by atoms with van der Waals surface area (Å²) < 4.78 is 13.0. The molecule has 0 unspecified atom stereocenters. The van der Waals surface area contributed by atoms with Gasteiger partial charge in [-0.1, -0.05) is 64.4 Å². The van der Waals surface area contributed by atoms with Gasteiger partial charge in [-0.05, 0) is 97.9 Å². The fourth-order valence-corrected chi connectivity index (χ4v) is 11.5. The van der Waals surface area contributed by atoms with E-state index in [1.165, 1.54) is 11.1 Å². The summed E-state index contributed by atoms with van der Waals surface area (Å²) in [5.74, 6) is 1.22. The average Bonchev–Trinajstić information content (AvgIpc) is 3.61. The molecular formula is C35H48N4O4. The smallest absolute Gasteiger partial charge is 0.360 e. The van der Waals surface area contributed by atoms with Gasteiger partial charge >= 0.3 is 5.97 Å². The Morgan fingerprint density at radius 1 is 1.07 bits per heavy atom. The lowest BCUT2D eigenvalue weighted by atomic mass is 9.34. The fourth-order valence-electron chi connectivity index (χ4n) is 11.5. The molecule has 7 rings (SSSR count). The predicted octanol–water partition coefficient (Wildman–Crippen LogP) is 6.85. The minimum Gasteiger partial charge on any atom is -0.461 e. The van der Waals surface area contributed by atoms with Gasteiger partial charge in [0.15, 0.2) is 11.5 Å². The van der Waals surface area contributed by atoms with E-state index < -0.39 is 5.97 Å². The van der Waals surface area contributed by atoms with Gasteiger partial charge in [-0.25, -0.2) is 9.48 Å². The first-order valence-electron chi connectivity index (χ1n) is 16.4. The number of hydrogen-bond donors (Lipinski definition) is 0. The van der Waals surface area contributed by atoms with E-state index in [1.807, 2.05) is 10.9 Å². The lowest BCUT2D eigenvalue weighted by Crippen LogP contribution is -2.66. The zero-order valence-electron chi connectivity index (χ0n) is 27.2. The van der Waals surface area contributed by atoms with Gasteiger partial charge in [0.05, 0.1) is 24.5 Å². The van der Waals surface area contributed by atoms with Gasteiger partial charge in [0.25, 0.3) is 0 Å². The van der Waals surface area contributed by atoms with Crippen molar-refractivity contribution in [2.24, 2.45) is 39.4 Å². The molecule has 2 aromatic heterocycles. The summed E-state index contributed by atoms with van der Waals surface area (Å²) >= 11 is 0. The molecule has 43 heavy (non-hydrogen) atoms. The molecule has 0 aromatic carbocycles. The molecule has 7 atom stereocenters. The highest BCUT2D eigenvalue weighted by molar-refractivity contribution is 5.95. The minimum absolute atomic E-state index is 0.103. The van der Waals surface area contributed by atoms with Crippen molar-refractivity contribution in [3.63, 3.8) is 0 Å². The number of carbonyl (C=O) groups is 2. The van der Waals surface area contributed by atoms with E-state index in [9.17, 15) is 9.59 Å². The van der Waals surface area contributed by atoms with Gasteiger partial charge in [0.1, 0.15) is 5.76 Å². The summed E-state index contributed by atoms with van der Waals surface area (Å²) in [5, 5.41) is 13.1. The van der Waals surface area contributed by atoms with Crippen molar-refractivity contribution in [3.8, 4) is 0 Å².